The lowest BCUT2D eigenvalue weighted by Crippen LogP contribution is -2.37. The number of aliphatic hydroxyl groups is 1. The number of esters is 2. The van der Waals surface area contributed by atoms with Gasteiger partial charge in [-0.15, -0.1) is 0 Å². The van der Waals surface area contributed by atoms with E-state index in [0.717, 1.165) is 32.1 Å². The van der Waals surface area contributed by atoms with E-state index in [2.05, 4.69) is 44.2 Å². The molecule has 0 aromatic carbocycles. The lowest BCUT2D eigenvalue weighted by molar-refractivity contribution is -0.870. The molecule has 10 nitrogen and oxygen atoms in total. The minimum atomic E-state index is -4.42. The first-order chi connectivity index (χ1) is 29.4. The first-order valence-electron chi connectivity index (χ1n) is 24.1. The van der Waals surface area contributed by atoms with Crippen molar-refractivity contribution >= 4 is 19.8 Å². The molecule has 0 heterocycles. The van der Waals surface area contributed by atoms with Gasteiger partial charge in [-0.3, -0.25) is 18.6 Å². The van der Waals surface area contributed by atoms with Crippen molar-refractivity contribution in [1.29, 1.82) is 0 Å². The summed E-state index contributed by atoms with van der Waals surface area (Å²) in [6.45, 7) is 4.22. The zero-order chi connectivity index (χ0) is 45.1. The third-order valence-electron chi connectivity index (χ3n) is 10.1. The number of rotatable bonds is 43. The SMILES string of the molecule is CCCCC/C=C\C/C=C\CC(O)/C=C\C=C\CCCC(=O)O[C@H](COC(=O)CCCCCCCCCCC/C=C\CCCCCCCC)COP(=O)(O)OCC[N+](C)(C)C. The number of phosphoric ester groups is 1. The second-order valence-corrected chi connectivity index (χ2v) is 18.8. The number of quaternary nitrogens is 1. The Bertz CT molecular complexity index is 1240. The smallest absolute Gasteiger partial charge is 0.462 e. The molecule has 0 aromatic rings. The topological polar surface area (TPSA) is 129 Å². The first-order valence-corrected chi connectivity index (χ1v) is 25.6. The number of aliphatic hydroxyl groups excluding tert-OH is 1. The van der Waals surface area contributed by atoms with Gasteiger partial charge in [-0.1, -0.05) is 164 Å². The molecule has 2 N–H and O–H groups in total. The molecule has 2 unspecified atom stereocenters. The number of nitrogens with zero attached hydrogens (tertiary/aromatic N) is 1. The molecule has 0 radical (unpaired) electrons. The average molecular weight is 881 g/mol. The predicted octanol–water partition coefficient (Wildman–Crippen LogP) is 13.0. The summed E-state index contributed by atoms with van der Waals surface area (Å²) in [7, 11) is 1.38. The number of carbonyl (C=O) groups is 2. The summed E-state index contributed by atoms with van der Waals surface area (Å²) in [5, 5.41) is 10.2. The molecule has 0 amide bonds. The normalized spacial score (nSPS) is 14.5. The van der Waals surface area contributed by atoms with Crippen molar-refractivity contribution in [1.82, 2.24) is 0 Å². The van der Waals surface area contributed by atoms with Crippen LogP contribution in [0.3, 0.4) is 0 Å². The van der Waals surface area contributed by atoms with E-state index in [1.165, 1.54) is 103 Å². The van der Waals surface area contributed by atoms with Crippen molar-refractivity contribution in [3.05, 3.63) is 60.8 Å². The lowest BCUT2D eigenvalue weighted by Gasteiger charge is -2.24. The van der Waals surface area contributed by atoms with Gasteiger partial charge in [0.05, 0.1) is 33.9 Å². The quantitative estimate of drug-likeness (QED) is 0.0154. The highest BCUT2D eigenvalue weighted by Crippen LogP contribution is 2.43. The van der Waals surface area contributed by atoms with Crippen molar-refractivity contribution in [2.24, 2.45) is 0 Å². The first kappa shape index (κ1) is 58.7. The largest absolute Gasteiger partial charge is 0.472 e. The van der Waals surface area contributed by atoms with Crippen LogP contribution in [-0.4, -0.2) is 86.1 Å². The molecule has 0 aliphatic heterocycles. The van der Waals surface area contributed by atoms with E-state index >= 15 is 0 Å². The molecule has 0 aliphatic rings. The molecule has 0 saturated heterocycles. The fourth-order valence-electron chi connectivity index (χ4n) is 6.26. The van der Waals surface area contributed by atoms with E-state index in [9.17, 15) is 24.2 Å². The molecule has 354 valence electrons. The highest BCUT2D eigenvalue weighted by molar-refractivity contribution is 7.47. The summed E-state index contributed by atoms with van der Waals surface area (Å²) in [4.78, 5) is 35.4. The maximum absolute atomic E-state index is 12.7. The second-order valence-electron chi connectivity index (χ2n) is 17.3. The van der Waals surface area contributed by atoms with Crippen molar-refractivity contribution < 1.29 is 47.2 Å². The summed E-state index contributed by atoms with van der Waals surface area (Å²) < 4.78 is 34.2. The van der Waals surface area contributed by atoms with Crippen LogP contribution < -0.4 is 0 Å². The number of ether oxygens (including phenoxy) is 2. The van der Waals surface area contributed by atoms with Gasteiger partial charge in [-0.2, -0.15) is 0 Å². The van der Waals surface area contributed by atoms with Crippen LogP contribution in [0.25, 0.3) is 0 Å². The Kier molecular flexibility index (Phi) is 40.1. The van der Waals surface area contributed by atoms with Crippen molar-refractivity contribution in [2.45, 2.75) is 199 Å². The Balaban J connectivity index is 4.46. The highest BCUT2D eigenvalue weighted by Gasteiger charge is 2.27. The standard InChI is InChI=1S/C50H90NO9P/c1-6-8-10-12-14-16-17-18-19-20-21-22-23-24-25-27-29-33-37-41-49(53)57-45-48(46-59-61(55,56)58-44-43-51(3,4)5)60-50(54)42-38-34-30-32-36-40-47(52)39-35-31-28-26-15-13-11-9-7-2/h15,18-19,26,30-32,35-36,40,47-48,52H,6-14,16-17,20-25,27-29,33-34,37-39,41-46H2,1-5H3/p+1/b19-18-,26-15-,32-30+,35-31-,40-36-/t47?,48-/m1/s1. The monoisotopic (exact) mass is 881 g/mol. The predicted molar refractivity (Wildman–Crippen MR) is 253 cm³/mol. The van der Waals surface area contributed by atoms with E-state index in [4.69, 9.17) is 18.5 Å². The van der Waals surface area contributed by atoms with Gasteiger partial charge >= 0.3 is 19.8 Å². The second kappa shape index (κ2) is 41.7. The van der Waals surface area contributed by atoms with Crippen LogP contribution in [0.1, 0.15) is 187 Å². The van der Waals surface area contributed by atoms with Crippen LogP contribution in [0, 0.1) is 0 Å². The molecule has 0 saturated carbocycles. The molecule has 0 bridgehead atoms. The van der Waals surface area contributed by atoms with E-state index in [0.29, 0.717) is 36.7 Å². The molecule has 0 aromatic heterocycles. The van der Waals surface area contributed by atoms with Gasteiger partial charge in [-0.05, 0) is 70.6 Å². The van der Waals surface area contributed by atoms with Gasteiger partial charge in [-0.25, -0.2) is 4.57 Å². The van der Waals surface area contributed by atoms with E-state index in [1.54, 1.807) is 12.2 Å². The molecule has 0 fully saturated rings. The lowest BCUT2D eigenvalue weighted by atomic mass is 10.1. The zero-order valence-electron chi connectivity index (χ0n) is 39.5. The number of carbonyl (C=O) groups excluding carboxylic acids is 2. The molecule has 11 heteroatoms. The molecule has 0 spiro atoms. The summed E-state index contributed by atoms with van der Waals surface area (Å²) in [5.41, 5.74) is 0. The van der Waals surface area contributed by atoms with Crippen LogP contribution in [0.5, 0.6) is 0 Å². The minimum absolute atomic E-state index is 0.00378. The van der Waals surface area contributed by atoms with E-state index in [1.807, 2.05) is 39.4 Å². The molecule has 61 heavy (non-hydrogen) atoms. The molecule has 3 atom stereocenters. The molecular formula is C50H91NO9P+. The Morgan fingerprint density at radius 1 is 0.590 bits per heavy atom. The number of likely N-dealkylation sites (N-methyl/N-ethyl adjacent to an activating group) is 1. The average Bonchev–Trinajstić information content (AvgIpc) is 3.21. The Morgan fingerprint density at radius 2 is 1.10 bits per heavy atom. The fourth-order valence-corrected chi connectivity index (χ4v) is 7.00. The van der Waals surface area contributed by atoms with Gasteiger partial charge in [0.15, 0.2) is 6.10 Å². The van der Waals surface area contributed by atoms with E-state index in [-0.39, 0.29) is 26.1 Å². The van der Waals surface area contributed by atoms with Gasteiger partial charge in [0.2, 0.25) is 0 Å². The molecular weight excluding hydrogens is 790 g/mol. The fraction of sp³-hybridized carbons (Fsp3) is 0.760. The van der Waals surface area contributed by atoms with Crippen LogP contribution >= 0.6 is 7.82 Å². The Labute approximate surface area is 373 Å². The number of unbranched alkanes of at least 4 members (excludes halogenated alkanes) is 19. The van der Waals surface area contributed by atoms with Crippen LogP contribution in [0.15, 0.2) is 60.8 Å². The summed E-state index contributed by atoms with van der Waals surface area (Å²) >= 11 is 0. The van der Waals surface area contributed by atoms with Crippen LogP contribution in [0.2, 0.25) is 0 Å². The number of hydrogen-bond donors (Lipinski definition) is 2. The van der Waals surface area contributed by atoms with Gasteiger partial charge in [0, 0.05) is 12.8 Å². The summed E-state index contributed by atoms with van der Waals surface area (Å²) in [6, 6.07) is 0. The van der Waals surface area contributed by atoms with E-state index < -0.39 is 38.6 Å². The highest BCUT2D eigenvalue weighted by atomic mass is 31.2. The summed E-state index contributed by atoms with van der Waals surface area (Å²) in [6.07, 6.45) is 47.3. The van der Waals surface area contributed by atoms with Crippen molar-refractivity contribution in [3.8, 4) is 0 Å². The minimum Gasteiger partial charge on any atom is -0.462 e. The molecule has 0 rings (SSSR count). The van der Waals surface area contributed by atoms with Gasteiger partial charge < -0.3 is 24.0 Å². The Hall–Kier alpha value is -2.33. The maximum atomic E-state index is 12.7. The molecule has 0 aliphatic carbocycles. The number of phosphoric acid groups is 1. The number of allylic oxidation sites excluding steroid dienone is 8. The zero-order valence-corrected chi connectivity index (χ0v) is 40.4. The maximum Gasteiger partial charge on any atom is 0.472 e. The van der Waals surface area contributed by atoms with Gasteiger partial charge in [0.1, 0.15) is 19.8 Å². The van der Waals surface area contributed by atoms with Crippen LogP contribution in [-0.2, 0) is 32.7 Å². The van der Waals surface area contributed by atoms with Crippen LogP contribution in [0.4, 0.5) is 0 Å². The summed E-state index contributed by atoms with van der Waals surface area (Å²) in [5.74, 6) is -0.931. The van der Waals surface area contributed by atoms with Crippen molar-refractivity contribution in [3.63, 3.8) is 0 Å². The Morgan fingerprint density at radius 3 is 1.72 bits per heavy atom. The third kappa shape index (κ3) is 45.5. The van der Waals surface area contributed by atoms with Crippen molar-refractivity contribution in [2.75, 3.05) is 47.5 Å². The van der Waals surface area contributed by atoms with Gasteiger partial charge in [0.25, 0.3) is 0 Å². The third-order valence-corrected chi connectivity index (χ3v) is 11.1. The number of hydrogen-bond acceptors (Lipinski definition) is 8.